The molecule has 1 heterocycles. The zero-order valence-electron chi connectivity index (χ0n) is 12.4. The summed E-state index contributed by atoms with van der Waals surface area (Å²) in [6.45, 7) is 4.44. The molecule has 1 fully saturated rings. The normalized spacial score (nSPS) is 27.2. The zero-order valence-corrected chi connectivity index (χ0v) is 12.4. The van der Waals surface area contributed by atoms with Crippen LogP contribution in [0.4, 0.5) is 0 Å². The van der Waals surface area contributed by atoms with Crippen molar-refractivity contribution in [3.8, 4) is 0 Å². The second-order valence-corrected chi connectivity index (χ2v) is 5.96. The van der Waals surface area contributed by atoms with Crippen molar-refractivity contribution in [2.24, 2.45) is 18.7 Å². The van der Waals surface area contributed by atoms with Crippen LogP contribution in [0.25, 0.3) is 0 Å². The molecule has 19 heavy (non-hydrogen) atoms. The van der Waals surface area contributed by atoms with Gasteiger partial charge < -0.3 is 10.5 Å². The Morgan fingerprint density at radius 2 is 2.11 bits per heavy atom. The third-order valence-electron chi connectivity index (χ3n) is 4.22. The average molecular weight is 265 g/mol. The number of hydrogen-bond donors (Lipinski definition) is 1. The van der Waals surface area contributed by atoms with E-state index in [4.69, 9.17) is 10.5 Å². The zero-order chi connectivity index (χ0) is 13.8. The van der Waals surface area contributed by atoms with Crippen molar-refractivity contribution in [3.63, 3.8) is 0 Å². The van der Waals surface area contributed by atoms with Gasteiger partial charge in [0.05, 0.1) is 12.3 Å². The first-order chi connectivity index (χ1) is 9.10. The molecule has 0 aromatic carbocycles. The van der Waals surface area contributed by atoms with Crippen LogP contribution >= 0.6 is 0 Å². The van der Waals surface area contributed by atoms with Crippen LogP contribution in [0.2, 0.25) is 0 Å². The minimum Gasteiger partial charge on any atom is -0.369 e. The Morgan fingerprint density at radius 3 is 2.63 bits per heavy atom. The number of aryl methyl sites for hydroxylation is 1. The van der Waals surface area contributed by atoms with E-state index in [1.165, 1.54) is 12.8 Å². The summed E-state index contributed by atoms with van der Waals surface area (Å²) in [5, 5.41) is 4.24. The molecule has 0 bridgehead atoms. The molecule has 1 aliphatic carbocycles. The lowest BCUT2D eigenvalue weighted by Gasteiger charge is -2.32. The fraction of sp³-hybridized carbons (Fsp3) is 0.800. The number of hydrogen-bond acceptors (Lipinski definition) is 3. The molecule has 0 spiro atoms. The van der Waals surface area contributed by atoms with Gasteiger partial charge in [-0.2, -0.15) is 5.10 Å². The summed E-state index contributed by atoms with van der Waals surface area (Å²) in [5.41, 5.74) is 7.35. The third kappa shape index (κ3) is 3.80. The number of aromatic nitrogens is 2. The Kier molecular flexibility index (Phi) is 4.99. The molecule has 0 amide bonds. The molecule has 1 saturated carbocycles. The monoisotopic (exact) mass is 265 g/mol. The lowest BCUT2D eigenvalue weighted by atomic mass is 9.88. The smallest absolute Gasteiger partial charge is 0.101 e. The summed E-state index contributed by atoms with van der Waals surface area (Å²) in [4.78, 5) is 0. The first-order valence-electron chi connectivity index (χ1n) is 7.49. The van der Waals surface area contributed by atoms with E-state index in [-0.39, 0.29) is 12.1 Å². The number of nitrogens with two attached hydrogens (primary N) is 1. The van der Waals surface area contributed by atoms with Crippen molar-refractivity contribution in [2.45, 2.75) is 64.2 Å². The van der Waals surface area contributed by atoms with Crippen molar-refractivity contribution in [3.05, 3.63) is 18.0 Å². The molecule has 1 aromatic rings. The van der Waals surface area contributed by atoms with Crippen LogP contribution < -0.4 is 5.73 Å². The molecule has 0 aliphatic heterocycles. The molecule has 4 heteroatoms. The van der Waals surface area contributed by atoms with Gasteiger partial charge in [0, 0.05) is 24.8 Å². The van der Waals surface area contributed by atoms with Gasteiger partial charge in [-0.3, -0.25) is 4.68 Å². The Morgan fingerprint density at radius 1 is 1.42 bits per heavy atom. The first kappa shape index (κ1) is 14.5. The van der Waals surface area contributed by atoms with E-state index in [9.17, 15) is 0 Å². The predicted octanol–water partition coefficient (Wildman–Crippen LogP) is 2.79. The van der Waals surface area contributed by atoms with E-state index in [1.54, 1.807) is 0 Å². The molecule has 2 N–H and O–H groups in total. The quantitative estimate of drug-likeness (QED) is 0.890. The van der Waals surface area contributed by atoms with Crippen LogP contribution in [-0.4, -0.2) is 21.9 Å². The average Bonchev–Trinajstić information content (AvgIpc) is 2.83. The van der Waals surface area contributed by atoms with E-state index < -0.39 is 0 Å². The maximum Gasteiger partial charge on any atom is 0.101 e. The van der Waals surface area contributed by atoms with Crippen molar-refractivity contribution in [1.29, 1.82) is 0 Å². The maximum absolute atomic E-state index is 6.31. The van der Waals surface area contributed by atoms with Crippen LogP contribution in [0.3, 0.4) is 0 Å². The fourth-order valence-electron chi connectivity index (χ4n) is 2.80. The highest BCUT2D eigenvalue weighted by Crippen LogP contribution is 2.31. The maximum atomic E-state index is 6.31. The molecule has 2 atom stereocenters. The van der Waals surface area contributed by atoms with Crippen LogP contribution in [0.15, 0.2) is 12.4 Å². The molecular formula is C15H27N3O. The van der Waals surface area contributed by atoms with E-state index in [2.05, 4.69) is 18.9 Å². The molecule has 0 saturated heterocycles. The van der Waals surface area contributed by atoms with Gasteiger partial charge in [0.15, 0.2) is 0 Å². The summed E-state index contributed by atoms with van der Waals surface area (Å²) >= 11 is 0. The van der Waals surface area contributed by atoms with Crippen molar-refractivity contribution in [1.82, 2.24) is 9.78 Å². The van der Waals surface area contributed by atoms with Crippen LogP contribution in [0.5, 0.6) is 0 Å². The summed E-state index contributed by atoms with van der Waals surface area (Å²) in [6.07, 6.45) is 10.0. The van der Waals surface area contributed by atoms with Crippen LogP contribution in [-0.2, 0) is 11.8 Å². The molecule has 1 aromatic heterocycles. The molecular weight excluding hydrogens is 238 g/mol. The van der Waals surface area contributed by atoms with E-state index in [0.717, 1.165) is 30.7 Å². The van der Waals surface area contributed by atoms with Gasteiger partial charge in [0.25, 0.3) is 0 Å². The lowest BCUT2D eigenvalue weighted by Crippen LogP contribution is -2.33. The Balaban J connectivity index is 2.02. The van der Waals surface area contributed by atoms with E-state index >= 15 is 0 Å². The molecule has 0 radical (unpaired) electrons. The second-order valence-electron chi connectivity index (χ2n) is 5.96. The minimum atomic E-state index is -0.0166. The number of ether oxygens (including phenoxy) is 1. The highest BCUT2D eigenvalue weighted by molar-refractivity contribution is 5.11. The Labute approximate surface area is 116 Å². The summed E-state index contributed by atoms with van der Waals surface area (Å²) in [6, 6.07) is 0.0450. The standard InChI is InChI=1S/C15H27N3O/c1-4-14(16)15(12-9-17-18(3)10-12)19-13-7-5-11(2)6-8-13/h9-11,13-15H,4-8,16H2,1-3H3. The van der Waals surface area contributed by atoms with Gasteiger partial charge in [0.2, 0.25) is 0 Å². The second kappa shape index (κ2) is 6.53. The van der Waals surface area contributed by atoms with Crippen LogP contribution in [0, 0.1) is 5.92 Å². The predicted molar refractivity (Wildman–Crippen MR) is 76.7 cm³/mol. The van der Waals surface area contributed by atoms with Gasteiger partial charge in [-0.15, -0.1) is 0 Å². The largest absolute Gasteiger partial charge is 0.369 e. The van der Waals surface area contributed by atoms with Crippen molar-refractivity contribution >= 4 is 0 Å². The Hall–Kier alpha value is -0.870. The van der Waals surface area contributed by atoms with Crippen molar-refractivity contribution < 1.29 is 4.74 Å². The van der Waals surface area contributed by atoms with Gasteiger partial charge >= 0.3 is 0 Å². The van der Waals surface area contributed by atoms with Crippen molar-refractivity contribution in [2.75, 3.05) is 0 Å². The minimum absolute atomic E-state index is 0.0166. The van der Waals surface area contributed by atoms with Gasteiger partial charge in [-0.1, -0.05) is 13.8 Å². The highest BCUT2D eigenvalue weighted by atomic mass is 16.5. The highest BCUT2D eigenvalue weighted by Gasteiger charge is 2.27. The van der Waals surface area contributed by atoms with Gasteiger partial charge in [-0.25, -0.2) is 0 Å². The molecule has 108 valence electrons. The third-order valence-corrected chi connectivity index (χ3v) is 4.22. The topological polar surface area (TPSA) is 53.1 Å². The molecule has 2 unspecified atom stereocenters. The lowest BCUT2D eigenvalue weighted by molar-refractivity contribution is -0.0488. The summed E-state index contributed by atoms with van der Waals surface area (Å²) < 4.78 is 8.13. The van der Waals surface area contributed by atoms with E-state index in [0.29, 0.717) is 6.10 Å². The summed E-state index contributed by atoms with van der Waals surface area (Å²) in [5.74, 6) is 0.844. The SMILES string of the molecule is CCC(N)C(OC1CCC(C)CC1)c1cnn(C)c1. The fourth-order valence-corrected chi connectivity index (χ4v) is 2.80. The molecule has 1 aliphatic rings. The van der Waals surface area contributed by atoms with E-state index in [1.807, 2.05) is 24.1 Å². The molecule has 4 nitrogen and oxygen atoms in total. The Bertz CT molecular complexity index is 382. The molecule has 2 rings (SSSR count). The first-order valence-corrected chi connectivity index (χ1v) is 7.49. The van der Waals surface area contributed by atoms with Gasteiger partial charge in [0.1, 0.15) is 6.10 Å². The van der Waals surface area contributed by atoms with Gasteiger partial charge in [-0.05, 0) is 38.0 Å². The summed E-state index contributed by atoms with van der Waals surface area (Å²) in [7, 11) is 1.93. The van der Waals surface area contributed by atoms with Crippen LogP contribution in [0.1, 0.15) is 57.6 Å². The number of rotatable bonds is 5. The number of nitrogens with zero attached hydrogens (tertiary/aromatic N) is 2.